The highest BCUT2D eigenvalue weighted by atomic mass is 19.4. The van der Waals surface area contributed by atoms with Gasteiger partial charge in [0.15, 0.2) is 11.6 Å². The summed E-state index contributed by atoms with van der Waals surface area (Å²) in [5.41, 5.74) is 1.00. The Morgan fingerprint density at radius 1 is 1.33 bits per heavy atom. The van der Waals surface area contributed by atoms with E-state index < -0.39 is 24.0 Å². The van der Waals surface area contributed by atoms with Gasteiger partial charge in [0.05, 0.1) is 19.3 Å². The molecular weight excluding hydrogens is 414 g/mol. The zero-order chi connectivity index (χ0) is 21.7. The van der Waals surface area contributed by atoms with Crippen LogP contribution < -0.4 is 4.74 Å². The number of carbonyl (C=O) groups is 1. The maximum atomic E-state index is 14.0. The molecule has 2 aromatic rings. The Kier molecular flexibility index (Phi) is 6.72. The minimum atomic E-state index is -4.98. The first kappa shape index (κ1) is 21.8. The van der Waals surface area contributed by atoms with Crippen LogP contribution in [0.3, 0.4) is 0 Å². The molecule has 1 fully saturated rings. The van der Waals surface area contributed by atoms with E-state index in [0.29, 0.717) is 17.8 Å². The number of nitrogens with one attached hydrogen (secondary N) is 1. The van der Waals surface area contributed by atoms with Gasteiger partial charge in [0, 0.05) is 32.4 Å². The van der Waals surface area contributed by atoms with Gasteiger partial charge >= 0.3 is 12.5 Å². The Balaban J connectivity index is 1.65. The molecule has 30 heavy (non-hydrogen) atoms. The lowest BCUT2D eigenvalue weighted by atomic mass is 10.1. The van der Waals surface area contributed by atoms with Crippen molar-refractivity contribution in [2.24, 2.45) is 0 Å². The van der Waals surface area contributed by atoms with E-state index in [1.54, 1.807) is 6.20 Å². The van der Waals surface area contributed by atoms with E-state index in [4.69, 9.17) is 4.74 Å². The normalized spacial score (nSPS) is 17.9. The van der Waals surface area contributed by atoms with Gasteiger partial charge in [-0.1, -0.05) is 11.3 Å². The third-order valence-electron chi connectivity index (χ3n) is 4.51. The van der Waals surface area contributed by atoms with Gasteiger partial charge in [-0.05, 0) is 17.7 Å². The van der Waals surface area contributed by atoms with E-state index >= 15 is 0 Å². The van der Waals surface area contributed by atoms with E-state index in [1.165, 1.54) is 11.0 Å². The Labute approximate surface area is 168 Å². The van der Waals surface area contributed by atoms with Crippen LogP contribution in [-0.4, -0.2) is 75.1 Å². The van der Waals surface area contributed by atoms with E-state index in [1.807, 2.05) is 4.90 Å². The average Bonchev–Trinajstić information content (AvgIpc) is 3.17. The van der Waals surface area contributed by atoms with Gasteiger partial charge in [-0.2, -0.15) is 0 Å². The van der Waals surface area contributed by atoms with Crippen molar-refractivity contribution in [2.45, 2.75) is 25.6 Å². The predicted molar refractivity (Wildman–Crippen MR) is 92.9 cm³/mol. The van der Waals surface area contributed by atoms with Crippen LogP contribution in [0.25, 0.3) is 0 Å². The Bertz CT molecular complexity index is 849. The summed E-state index contributed by atoms with van der Waals surface area (Å²) in [5, 5.41) is 19.2. The smallest absolute Gasteiger partial charge is 0.465 e. The number of alkyl halides is 3. The van der Waals surface area contributed by atoms with Crippen molar-refractivity contribution in [1.82, 2.24) is 25.2 Å². The van der Waals surface area contributed by atoms with Crippen molar-refractivity contribution >= 4 is 6.09 Å². The van der Waals surface area contributed by atoms with Crippen LogP contribution in [-0.2, 0) is 17.9 Å². The molecule has 1 amide bonds. The summed E-state index contributed by atoms with van der Waals surface area (Å²) in [7, 11) is 0. The monoisotopic (exact) mass is 433 g/mol. The lowest BCUT2D eigenvalue weighted by Gasteiger charge is -2.40. The van der Waals surface area contributed by atoms with Crippen LogP contribution in [0.15, 0.2) is 24.4 Å². The number of aromatic nitrogens is 3. The topological polar surface area (TPSA) is 104 Å². The Morgan fingerprint density at radius 2 is 2.13 bits per heavy atom. The molecular formula is C17H19F4N5O4. The van der Waals surface area contributed by atoms with Gasteiger partial charge < -0.3 is 19.5 Å². The summed E-state index contributed by atoms with van der Waals surface area (Å²) in [6, 6.07) is 2.89. The number of carboxylic acid groups (broad SMARTS) is 1. The van der Waals surface area contributed by atoms with Crippen molar-refractivity contribution < 1.29 is 36.9 Å². The summed E-state index contributed by atoms with van der Waals surface area (Å²) in [4.78, 5) is 14.5. The first-order valence-electron chi connectivity index (χ1n) is 8.90. The van der Waals surface area contributed by atoms with Gasteiger partial charge in [-0.25, -0.2) is 9.18 Å². The van der Waals surface area contributed by atoms with Crippen LogP contribution in [0.1, 0.15) is 11.3 Å². The summed E-state index contributed by atoms with van der Waals surface area (Å²) < 4.78 is 60.1. The molecule has 1 atom stereocenters. The molecule has 0 radical (unpaired) electrons. The zero-order valence-corrected chi connectivity index (χ0v) is 15.6. The van der Waals surface area contributed by atoms with Gasteiger partial charge in [-0.3, -0.25) is 10.00 Å². The Morgan fingerprint density at radius 3 is 2.77 bits per heavy atom. The number of halogens is 4. The molecule has 1 aromatic heterocycles. The fraction of sp³-hybridized carbons (Fsp3) is 0.471. The first-order chi connectivity index (χ1) is 14.2. The summed E-state index contributed by atoms with van der Waals surface area (Å²) in [6.07, 6.45) is -4.48. The van der Waals surface area contributed by atoms with Crippen molar-refractivity contribution in [2.75, 3.05) is 26.2 Å². The number of aromatic amines is 1. The van der Waals surface area contributed by atoms with Crippen LogP contribution in [0.5, 0.6) is 5.75 Å². The van der Waals surface area contributed by atoms with Crippen LogP contribution >= 0.6 is 0 Å². The number of amides is 1. The second-order valence-corrected chi connectivity index (χ2v) is 6.65. The fourth-order valence-electron chi connectivity index (χ4n) is 3.11. The largest absolute Gasteiger partial charge is 0.573 e. The minimum absolute atomic E-state index is 0.173. The molecule has 164 valence electrons. The molecule has 0 unspecified atom stereocenters. The number of rotatable bonds is 7. The Hall–Kier alpha value is -2.93. The lowest BCUT2D eigenvalue weighted by Crippen LogP contribution is -2.55. The van der Waals surface area contributed by atoms with E-state index in [-0.39, 0.29) is 38.9 Å². The first-order valence-corrected chi connectivity index (χ1v) is 8.90. The highest BCUT2D eigenvalue weighted by Gasteiger charge is 2.33. The second kappa shape index (κ2) is 9.26. The molecule has 3 rings (SSSR count). The minimum Gasteiger partial charge on any atom is -0.465 e. The molecule has 0 bridgehead atoms. The average molecular weight is 433 g/mol. The van der Waals surface area contributed by atoms with Gasteiger partial charge in [0.1, 0.15) is 5.69 Å². The number of hydrogen-bond donors (Lipinski definition) is 2. The zero-order valence-electron chi connectivity index (χ0n) is 15.6. The van der Waals surface area contributed by atoms with Gasteiger partial charge in [0.25, 0.3) is 0 Å². The molecule has 0 aliphatic carbocycles. The van der Waals surface area contributed by atoms with E-state index in [2.05, 4.69) is 20.1 Å². The van der Waals surface area contributed by atoms with E-state index in [9.17, 15) is 27.5 Å². The highest BCUT2D eigenvalue weighted by molar-refractivity contribution is 5.65. The van der Waals surface area contributed by atoms with Crippen molar-refractivity contribution in [3.63, 3.8) is 0 Å². The SMILES string of the molecule is O=C(O)N1CCN(Cc2ccc(OC(F)(F)F)c(F)c2)[C@@H](COCc2c[nH]nn2)C1. The molecule has 1 aliphatic rings. The lowest BCUT2D eigenvalue weighted by molar-refractivity contribution is -0.275. The number of H-pyrrole nitrogens is 1. The highest BCUT2D eigenvalue weighted by Crippen LogP contribution is 2.27. The molecule has 0 spiro atoms. The van der Waals surface area contributed by atoms with Gasteiger partial charge in [-0.15, -0.1) is 18.3 Å². The molecule has 0 saturated carbocycles. The number of benzene rings is 1. The quantitative estimate of drug-likeness (QED) is 0.646. The number of piperazine rings is 1. The summed E-state index contributed by atoms with van der Waals surface area (Å²) in [6.45, 7) is 1.32. The molecule has 2 N–H and O–H groups in total. The number of nitrogens with zero attached hydrogens (tertiary/aromatic N) is 4. The molecule has 9 nitrogen and oxygen atoms in total. The maximum absolute atomic E-state index is 14.0. The molecule has 1 aliphatic heterocycles. The van der Waals surface area contributed by atoms with Crippen LogP contribution in [0, 0.1) is 5.82 Å². The van der Waals surface area contributed by atoms with E-state index in [0.717, 1.165) is 12.1 Å². The van der Waals surface area contributed by atoms with Crippen LogP contribution in [0.4, 0.5) is 22.4 Å². The third kappa shape index (κ3) is 6.03. The molecule has 2 heterocycles. The summed E-state index contributed by atoms with van der Waals surface area (Å²) in [5.74, 6) is -2.04. The standard InChI is InChI=1S/C17H19F4N5O4/c18-14-5-11(1-2-15(14)30-17(19,20)21)7-25-3-4-26(16(27)28)8-13(25)10-29-9-12-6-22-24-23-12/h1-2,5-6,13H,3-4,7-10H2,(H,27,28)(H,22,23,24)/t13-/m1/s1. The van der Waals surface area contributed by atoms with Crippen LogP contribution in [0.2, 0.25) is 0 Å². The summed E-state index contributed by atoms with van der Waals surface area (Å²) >= 11 is 0. The fourth-order valence-corrected chi connectivity index (χ4v) is 3.11. The maximum Gasteiger partial charge on any atom is 0.573 e. The third-order valence-corrected chi connectivity index (χ3v) is 4.51. The van der Waals surface area contributed by atoms with Crippen molar-refractivity contribution in [3.8, 4) is 5.75 Å². The molecule has 1 saturated heterocycles. The second-order valence-electron chi connectivity index (χ2n) is 6.65. The molecule has 13 heteroatoms. The predicted octanol–water partition coefficient (Wildman–Crippen LogP) is 2.22. The van der Waals surface area contributed by atoms with Gasteiger partial charge in [0.2, 0.25) is 0 Å². The van der Waals surface area contributed by atoms with Crippen molar-refractivity contribution in [1.29, 1.82) is 0 Å². The number of hydrogen-bond acceptors (Lipinski definition) is 6. The van der Waals surface area contributed by atoms with Crippen molar-refractivity contribution in [3.05, 3.63) is 41.5 Å². The number of ether oxygens (including phenoxy) is 2. The molecule has 1 aromatic carbocycles.